The Bertz CT molecular complexity index is 761. The fourth-order valence-corrected chi connectivity index (χ4v) is 5.91. The molecule has 1 unspecified atom stereocenters. The van der Waals surface area contributed by atoms with Gasteiger partial charge in [-0.15, -0.1) is 0 Å². The highest BCUT2D eigenvalue weighted by Crippen LogP contribution is 2.33. The summed E-state index contributed by atoms with van der Waals surface area (Å²) in [6.45, 7) is 3.89. The summed E-state index contributed by atoms with van der Waals surface area (Å²) in [5.74, 6) is 0.517. The molecule has 0 N–H and O–H groups in total. The van der Waals surface area contributed by atoms with Crippen LogP contribution in [0.15, 0.2) is 23.1 Å². The van der Waals surface area contributed by atoms with E-state index in [0.717, 1.165) is 12.8 Å². The second-order valence-electron chi connectivity index (χ2n) is 6.86. The molecule has 2 heterocycles. The lowest BCUT2D eigenvalue weighted by Gasteiger charge is -2.34. The second-order valence-corrected chi connectivity index (χ2v) is 9.56. The van der Waals surface area contributed by atoms with Crippen LogP contribution in [0.2, 0.25) is 10.0 Å². The van der Waals surface area contributed by atoms with Gasteiger partial charge in [0.15, 0.2) is 0 Å². The van der Waals surface area contributed by atoms with Crippen LogP contribution in [0.5, 0.6) is 0 Å². The lowest BCUT2D eigenvalue weighted by atomic mass is 9.98. The van der Waals surface area contributed by atoms with E-state index in [1.54, 1.807) is 11.0 Å². The van der Waals surface area contributed by atoms with Gasteiger partial charge in [-0.1, -0.05) is 30.1 Å². The van der Waals surface area contributed by atoms with Crippen molar-refractivity contribution in [2.24, 2.45) is 5.92 Å². The first-order chi connectivity index (χ1) is 11.8. The van der Waals surface area contributed by atoms with Gasteiger partial charge in [-0.3, -0.25) is 4.79 Å². The summed E-state index contributed by atoms with van der Waals surface area (Å²) in [5.41, 5.74) is 0. The Morgan fingerprint density at radius 2 is 1.80 bits per heavy atom. The number of amides is 1. The highest BCUT2D eigenvalue weighted by Gasteiger charge is 2.42. The third-order valence-corrected chi connectivity index (χ3v) is 7.69. The van der Waals surface area contributed by atoms with Crippen LogP contribution in [-0.4, -0.2) is 49.2 Å². The van der Waals surface area contributed by atoms with E-state index in [9.17, 15) is 13.2 Å². The highest BCUT2D eigenvalue weighted by atomic mass is 35.5. The zero-order valence-electron chi connectivity index (χ0n) is 14.1. The Morgan fingerprint density at radius 3 is 2.48 bits per heavy atom. The van der Waals surface area contributed by atoms with E-state index < -0.39 is 16.1 Å². The molecule has 2 fully saturated rings. The molecule has 0 spiro atoms. The van der Waals surface area contributed by atoms with Crippen LogP contribution in [0.25, 0.3) is 0 Å². The molecule has 25 heavy (non-hydrogen) atoms. The van der Waals surface area contributed by atoms with Gasteiger partial charge in [0.25, 0.3) is 0 Å². The predicted octanol–water partition coefficient (Wildman–Crippen LogP) is 3.41. The van der Waals surface area contributed by atoms with E-state index in [1.807, 2.05) is 0 Å². The predicted molar refractivity (Wildman–Crippen MR) is 98.4 cm³/mol. The van der Waals surface area contributed by atoms with Crippen molar-refractivity contribution in [1.82, 2.24) is 9.21 Å². The van der Waals surface area contributed by atoms with Gasteiger partial charge < -0.3 is 4.90 Å². The maximum absolute atomic E-state index is 13.1. The molecule has 0 bridgehead atoms. The molecule has 1 aromatic carbocycles. The van der Waals surface area contributed by atoms with Crippen molar-refractivity contribution >= 4 is 39.1 Å². The van der Waals surface area contributed by atoms with Gasteiger partial charge in [0.05, 0.1) is 5.02 Å². The van der Waals surface area contributed by atoms with Gasteiger partial charge in [-0.25, -0.2) is 8.42 Å². The number of carbonyl (C=O) groups is 1. The number of sulfonamides is 1. The summed E-state index contributed by atoms with van der Waals surface area (Å²) in [6, 6.07) is 3.72. The molecule has 138 valence electrons. The summed E-state index contributed by atoms with van der Waals surface area (Å²) < 4.78 is 27.4. The van der Waals surface area contributed by atoms with E-state index in [2.05, 4.69) is 6.92 Å². The van der Waals surface area contributed by atoms with Crippen molar-refractivity contribution < 1.29 is 13.2 Å². The van der Waals surface area contributed by atoms with Crippen molar-refractivity contribution in [3.63, 3.8) is 0 Å². The van der Waals surface area contributed by atoms with Crippen LogP contribution in [0.3, 0.4) is 0 Å². The average molecular weight is 405 g/mol. The van der Waals surface area contributed by atoms with Crippen LogP contribution in [0, 0.1) is 5.92 Å². The van der Waals surface area contributed by atoms with Crippen LogP contribution in [-0.2, 0) is 14.8 Å². The van der Waals surface area contributed by atoms with E-state index in [4.69, 9.17) is 23.2 Å². The zero-order valence-corrected chi connectivity index (χ0v) is 16.4. The van der Waals surface area contributed by atoms with Gasteiger partial charge in [-0.2, -0.15) is 4.31 Å². The molecule has 1 aromatic rings. The molecule has 3 rings (SSSR count). The van der Waals surface area contributed by atoms with Gasteiger partial charge in [0, 0.05) is 24.7 Å². The SMILES string of the molecule is CC1CCN(C(=O)C2CCCN2S(=O)(=O)c2cc(Cl)ccc2Cl)CC1. The number of nitrogens with zero attached hydrogens (tertiary/aromatic N) is 2. The third-order valence-electron chi connectivity index (χ3n) is 5.06. The minimum absolute atomic E-state index is 0.0337. The number of likely N-dealkylation sites (tertiary alicyclic amines) is 1. The van der Waals surface area contributed by atoms with Gasteiger partial charge in [-0.05, 0) is 49.8 Å². The number of hydrogen-bond donors (Lipinski definition) is 0. The largest absolute Gasteiger partial charge is 0.341 e. The number of benzene rings is 1. The monoisotopic (exact) mass is 404 g/mol. The number of carbonyl (C=O) groups excluding carboxylic acids is 1. The van der Waals surface area contributed by atoms with Crippen LogP contribution in [0.4, 0.5) is 0 Å². The normalized spacial score (nSPS) is 23.2. The van der Waals surface area contributed by atoms with Gasteiger partial charge >= 0.3 is 0 Å². The van der Waals surface area contributed by atoms with Gasteiger partial charge in [0.1, 0.15) is 10.9 Å². The Morgan fingerprint density at radius 1 is 1.12 bits per heavy atom. The molecule has 1 amide bonds. The fourth-order valence-electron chi connectivity index (χ4n) is 3.52. The van der Waals surface area contributed by atoms with Crippen LogP contribution >= 0.6 is 23.2 Å². The number of hydrogen-bond acceptors (Lipinski definition) is 3. The van der Waals surface area contributed by atoms with Crippen molar-refractivity contribution in [2.75, 3.05) is 19.6 Å². The Labute approximate surface area is 158 Å². The fraction of sp³-hybridized carbons (Fsp3) is 0.588. The lowest BCUT2D eigenvalue weighted by Crippen LogP contribution is -2.49. The van der Waals surface area contributed by atoms with Crippen molar-refractivity contribution in [3.8, 4) is 0 Å². The molecular formula is C17H22Cl2N2O3S. The molecule has 8 heteroatoms. The number of rotatable bonds is 3. The Kier molecular flexibility index (Phi) is 5.63. The summed E-state index contributed by atoms with van der Waals surface area (Å²) in [5, 5.41) is 0.421. The van der Waals surface area contributed by atoms with E-state index >= 15 is 0 Å². The van der Waals surface area contributed by atoms with Crippen LogP contribution < -0.4 is 0 Å². The lowest BCUT2D eigenvalue weighted by molar-refractivity contribution is -0.135. The summed E-state index contributed by atoms with van der Waals surface area (Å²) in [7, 11) is -3.87. The Hall–Kier alpha value is -0.820. The first-order valence-electron chi connectivity index (χ1n) is 8.56. The Balaban J connectivity index is 1.85. The molecule has 0 aliphatic carbocycles. The molecular weight excluding hydrogens is 383 g/mol. The maximum atomic E-state index is 13.1. The summed E-state index contributed by atoms with van der Waals surface area (Å²) >= 11 is 12.0. The smallest absolute Gasteiger partial charge is 0.245 e. The summed E-state index contributed by atoms with van der Waals surface area (Å²) in [4.78, 5) is 14.7. The number of piperidine rings is 1. The molecule has 0 radical (unpaired) electrons. The second kappa shape index (κ2) is 7.43. The van der Waals surface area contributed by atoms with E-state index in [1.165, 1.54) is 16.4 Å². The molecule has 1 atom stereocenters. The summed E-state index contributed by atoms with van der Waals surface area (Å²) in [6.07, 6.45) is 3.14. The average Bonchev–Trinajstić information content (AvgIpc) is 3.07. The van der Waals surface area contributed by atoms with Crippen LogP contribution in [0.1, 0.15) is 32.6 Å². The minimum Gasteiger partial charge on any atom is -0.341 e. The number of halogens is 2. The quantitative estimate of drug-likeness (QED) is 0.775. The standard InChI is InChI=1S/C17H22Cl2N2O3S/c1-12-6-9-20(10-7-12)17(22)15-3-2-8-21(15)25(23,24)16-11-13(18)4-5-14(16)19/h4-5,11-12,15H,2-3,6-10H2,1H3. The third kappa shape index (κ3) is 3.82. The molecule has 5 nitrogen and oxygen atoms in total. The van der Waals surface area contributed by atoms with Crippen molar-refractivity contribution in [2.45, 2.75) is 43.5 Å². The first kappa shape index (κ1) is 19.0. The minimum atomic E-state index is -3.87. The van der Waals surface area contributed by atoms with E-state index in [0.29, 0.717) is 43.4 Å². The molecule has 2 saturated heterocycles. The highest BCUT2D eigenvalue weighted by molar-refractivity contribution is 7.89. The topological polar surface area (TPSA) is 57.7 Å². The zero-order chi connectivity index (χ0) is 18.2. The van der Waals surface area contributed by atoms with Crippen molar-refractivity contribution in [3.05, 3.63) is 28.2 Å². The molecule has 2 aliphatic heterocycles. The van der Waals surface area contributed by atoms with Gasteiger partial charge in [0.2, 0.25) is 15.9 Å². The molecule has 0 aromatic heterocycles. The maximum Gasteiger partial charge on any atom is 0.245 e. The van der Waals surface area contributed by atoms with E-state index in [-0.39, 0.29) is 15.8 Å². The molecule has 0 saturated carbocycles. The van der Waals surface area contributed by atoms with Crippen molar-refractivity contribution in [1.29, 1.82) is 0 Å². The molecule has 2 aliphatic rings. The first-order valence-corrected chi connectivity index (χ1v) is 10.8.